The van der Waals surface area contributed by atoms with E-state index >= 15 is 0 Å². The molecule has 7 heteroatoms. The van der Waals surface area contributed by atoms with Crippen LogP contribution in [0.3, 0.4) is 0 Å². The normalized spacial score (nSPS) is 35.7. The van der Waals surface area contributed by atoms with Crippen LogP contribution in [0.1, 0.15) is 62.7 Å². The van der Waals surface area contributed by atoms with Gasteiger partial charge in [0, 0.05) is 17.3 Å². The second kappa shape index (κ2) is 5.87. The highest BCUT2D eigenvalue weighted by molar-refractivity contribution is 5.14. The van der Waals surface area contributed by atoms with Crippen molar-refractivity contribution in [3.63, 3.8) is 0 Å². The van der Waals surface area contributed by atoms with Gasteiger partial charge in [0.05, 0.1) is 17.8 Å². The van der Waals surface area contributed by atoms with Crippen LogP contribution in [0.5, 0.6) is 0 Å². The molecule has 1 N–H and O–H groups in total. The van der Waals surface area contributed by atoms with Gasteiger partial charge in [-0.05, 0) is 89.3 Å². The third kappa shape index (κ3) is 2.91. The number of hydrogen-bond acceptors (Lipinski definition) is 5. The average Bonchev–Trinajstić information content (AvgIpc) is 3.11. The highest BCUT2D eigenvalue weighted by Crippen LogP contribution is 2.60. The predicted molar refractivity (Wildman–Crippen MR) is 102 cm³/mol. The lowest BCUT2D eigenvalue weighted by Gasteiger charge is -2.62. The maximum Gasteiger partial charge on any atom is 0.171 e. The summed E-state index contributed by atoms with van der Waals surface area (Å²) < 4.78 is 2.14. The molecular formula is C20H31N7. The zero-order chi connectivity index (χ0) is 18.8. The summed E-state index contributed by atoms with van der Waals surface area (Å²) >= 11 is 0. The van der Waals surface area contributed by atoms with Crippen molar-refractivity contribution in [1.82, 2.24) is 35.3 Å². The summed E-state index contributed by atoms with van der Waals surface area (Å²) in [5.74, 6) is 2.35. The molecule has 2 aromatic heterocycles. The Bertz CT molecular complexity index is 836. The smallest absolute Gasteiger partial charge is 0.171 e. The first kappa shape index (κ1) is 17.3. The van der Waals surface area contributed by atoms with Gasteiger partial charge >= 0.3 is 0 Å². The van der Waals surface area contributed by atoms with Gasteiger partial charge in [0.2, 0.25) is 0 Å². The van der Waals surface area contributed by atoms with Crippen molar-refractivity contribution in [2.75, 3.05) is 0 Å². The Balaban J connectivity index is 1.38. The summed E-state index contributed by atoms with van der Waals surface area (Å²) in [7, 11) is 0. The lowest BCUT2D eigenvalue weighted by Crippen LogP contribution is -2.66. The predicted octanol–water partition coefficient (Wildman–Crippen LogP) is 2.52. The Morgan fingerprint density at radius 3 is 2.48 bits per heavy atom. The van der Waals surface area contributed by atoms with Crippen LogP contribution in [-0.4, -0.2) is 41.6 Å². The molecule has 6 rings (SSSR count). The number of nitrogens with one attached hydrogen (secondary N) is 1. The van der Waals surface area contributed by atoms with Gasteiger partial charge < -0.3 is 5.32 Å². The molecule has 0 saturated heterocycles. The fourth-order valence-electron chi connectivity index (χ4n) is 6.79. The Morgan fingerprint density at radius 2 is 1.89 bits per heavy atom. The highest BCUT2D eigenvalue weighted by atomic mass is 15.6. The molecule has 4 aliphatic rings. The quantitative estimate of drug-likeness (QED) is 0.877. The molecule has 0 unspecified atom stereocenters. The van der Waals surface area contributed by atoms with Gasteiger partial charge in [-0.15, -0.1) is 10.2 Å². The van der Waals surface area contributed by atoms with E-state index in [-0.39, 0.29) is 11.1 Å². The summed E-state index contributed by atoms with van der Waals surface area (Å²) in [5, 5.41) is 22.0. The molecule has 2 aromatic rings. The monoisotopic (exact) mass is 369 g/mol. The van der Waals surface area contributed by atoms with Crippen LogP contribution in [-0.2, 0) is 12.1 Å². The molecule has 4 saturated carbocycles. The minimum absolute atomic E-state index is 0.0657. The summed E-state index contributed by atoms with van der Waals surface area (Å²) in [6, 6.07) is 2.55. The lowest BCUT2D eigenvalue weighted by atomic mass is 9.50. The minimum Gasteiger partial charge on any atom is -0.307 e. The van der Waals surface area contributed by atoms with E-state index in [9.17, 15) is 0 Å². The van der Waals surface area contributed by atoms with Crippen LogP contribution in [0.2, 0.25) is 0 Å². The Kier molecular flexibility index (Phi) is 3.77. The van der Waals surface area contributed by atoms with Gasteiger partial charge in [-0.3, -0.25) is 4.68 Å². The van der Waals surface area contributed by atoms with Crippen LogP contribution in [0.4, 0.5) is 0 Å². The van der Waals surface area contributed by atoms with Crippen molar-refractivity contribution in [3.8, 4) is 0 Å². The first-order valence-corrected chi connectivity index (χ1v) is 10.4. The lowest BCUT2D eigenvalue weighted by molar-refractivity contribution is -0.0882. The highest BCUT2D eigenvalue weighted by Gasteiger charge is 2.59. The van der Waals surface area contributed by atoms with Crippen molar-refractivity contribution in [2.24, 2.45) is 11.8 Å². The maximum absolute atomic E-state index is 4.65. The van der Waals surface area contributed by atoms with Gasteiger partial charge in [-0.25, -0.2) is 0 Å². The average molecular weight is 370 g/mol. The van der Waals surface area contributed by atoms with Crippen molar-refractivity contribution in [1.29, 1.82) is 0 Å². The van der Waals surface area contributed by atoms with Crippen LogP contribution in [0, 0.1) is 32.6 Å². The molecule has 0 radical (unpaired) electrons. The molecule has 7 nitrogen and oxygen atoms in total. The van der Waals surface area contributed by atoms with Crippen LogP contribution >= 0.6 is 0 Å². The zero-order valence-electron chi connectivity index (χ0n) is 16.9. The molecular weight excluding hydrogens is 338 g/mol. The van der Waals surface area contributed by atoms with Crippen LogP contribution < -0.4 is 5.32 Å². The summed E-state index contributed by atoms with van der Waals surface area (Å²) in [5.41, 5.74) is 2.61. The number of tetrazole rings is 1. The second-order valence-corrected chi connectivity index (χ2v) is 9.75. The van der Waals surface area contributed by atoms with Crippen molar-refractivity contribution >= 4 is 0 Å². The Hall–Kier alpha value is -1.76. The molecule has 3 atom stereocenters. The minimum atomic E-state index is 0.0657. The molecule has 0 spiro atoms. The van der Waals surface area contributed by atoms with E-state index in [2.05, 4.69) is 57.3 Å². The third-order valence-electron chi connectivity index (χ3n) is 7.07. The van der Waals surface area contributed by atoms with E-state index in [4.69, 9.17) is 0 Å². The first-order valence-electron chi connectivity index (χ1n) is 10.4. The van der Waals surface area contributed by atoms with E-state index in [1.165, 1.54) is 37.8 Å². The molecule has 4 bridgehead atoms. The number of aryl methyl sites for hydroxylation is 3. The van der Waals surface area contributed by atoms with Gasteiger partial charge in [0.1, 0.15) is 0 Å². The fourth-order valence-corrected chi connectivity index (χ4v) is 6.79. The van der Waals surface area contributed by atoms with E-state index in [0.717, 1.165) is 36.3 Å². The molecule has 4 aliphatic carbocycles. The first-order chi connectivity index (χ1) is 12.8. The number of hydrogen-bond donors (Lipinski definition) is 1. The van der Waals surface area contributed by atoms with Crippen molar-refractivity contribution < 1.29 is 0 Å². The number of rotatable bonds is 5. The molecule has 4 fully saturated rings. The van der Waals surface area contributed by atoms with E-state index in [1.54, 1.807) is 0 Å². The topological polar surface area (TPSA) is 73.5 Å². The van der Waals surface area contributed by atoms with Gasteiger partial charge in [-0.2, -0.15) is 9.90 Å². The molecule has 0 amide bonds. The molecule has 0 aromatic carbocycles. The van der Waals surface area contributed by atoms with Gasteiger partial charge in [0.15, 0.2) is 5.82 Å². The molecule has 2 heterocycles. The maximum atomic E-state index is 4.65. The molecule has 27 heavy (non-hydrogen) atoms. The summed E-state index contributed by atoms with van der Waals surface area (Å²) in [6.07, 6.45) is 7.53. The summed E-state index contributed by atoms with van der Waals surface area (Å²) in [6.45, 7) is 9.38. The fraction of sp³-hybridized carbons (Fsp3) is 0.800. The largest absolute Gasteiger partial charge is 0.307 e. The standard InChI is InChI=1S/C20H31N7/c1-13-5-15(3)26(23-13)11-14(2)21-19-7-17-6-18(8-19)10-20(9-17,12-19)27-24-16(4)22-25-27/h5,14,17-18,21H,6-12H2,1-4H3/t14-,17+,18+,19?,20?/m1/s1. The molecule has 0 aliphatic heterocycles. The SMILES string of the molecule is Cc1cc(C)n(C[C@@H](C)NC23C[C@@H]4C[C@@H](C2)CC(n2nnc(C)n2)(C4)C3)n1. The number of nitrogens with zero attached hydrogens (tertiary/aromatic N) is 6. The van der Waals surface area contributed by atoms with E-state index < -0.39 is 0 Å². The van der Waals surface area contributed by atoms with Crippen molar-refractivity contribution in [3.05, 3.63) is 23.3 Å². The Labute approximate surface area is 160 Å². The van der Waals surface area contributed by atoms with E-state index in [0.29, 0.717) is 6.04 Å². The number of aromatic nitrogens is 6. The van der Waals surface area contributed by atoms with Gasteiger partial charge in [-0.1, -0.05) is 0 Å². The van der Waals surface area contributed by atoms with Crippen LogP contribution in [0.25, 0.3) is 0 Å². The molecule has 146 valence electrons. The van der Waals surface area contributed by atoms with Gasteiger partial charge in [0.25, 0.3) is 0 Å². The zero-order valence-corrected chi connectivity index (χ0v) is 16.9. The van der Waals surface area contributed by atoms with Crippen molar-refractivity contribution in [2.45, 2.75) is 89.9 Å². The van der Waals surface area contributed by atoms with E-state index in [1.807, 2.05) is 11.7 Å². The van der Waals surface area contributed by atoms with Crippen LogP contribution in [0.15, 0.2) is 6.07 Å². The third-order valence-corrected chi connectivity index (χ3v) is 7.07. The summed E-state index contributed by atoms with van der Waals surface area (Å²) in [4.78, 5) is 1.97. The second-order valence-electron chi connectivity index (χ2n) is 9.75. The Morgan fingerprint density at radius 1 is 1.15 bits per heavy atom.